The van der Waals surface area contributed by atoms with E-state index in [-0.39, 0.29) is 16.8 Å². The van der Waals surface area contributed by atoms with Crippen molar-refractivity contribution in [1.82, 2.24) is 15.3 Å². The van der Waals surface area contributed by atoms with Gasteiger partial charge in [0.25, 0.3) is 5.91 Å². The maximum absolute atomic E-state index is 12.0. The van der Waals surface area contributed by atoms with Crippen molar-refractivity contribution >= 4 is 28.4 Å². The van der Waals surface area contributed by atoms with Gasteiger partial charge in [0.2, 0.25) is 0 Å². The lowest BCUT2D eigenvalue weighted by Gasteiger charge is -2.06. The van der Waals surface area contributed by atoms with E-state index in [1.54, 1.807) is 24.3 Å². The summed E-state index contributed by atoms with van der Waals surface area (Å²) in [6.45, 7) is 0.465. The Morgan fingerprint density at radius 2 is 2.23 bits per heavy atom. The number of aromatic nitrogens is 2. The third-order valence-electron chi connectivity index (χ3n) is 3.43. The van der Waals surface area contributed by atoms with E-state index in [0.29, 0.717) is 18.5 Å². The zero-order chi connectivity index (χ0) is 15.5. The molecule has 0 atom stereocenters. The molecule has 3 aromatic rings. The van der Waals surface area contributed by atoms with Gasteiger partial charge in [-0.1, -0.05) is 11.6 Å². The van der Waals surface area contributed by atoms with Crippen molar-refractivity contribution in [2.75, 3.05) is 6.54 Å². The van der Waals surface area contributed by atoms with Gasteiger partial charge < -0.3 is 15.4 Å². The van der Waals surface area contributed by atoms with Crippen LogP contribution in [-0.4, -0.2) is 27.5 Å². The van der Waals surface area contributed by atoms with Crippen molar-refractivity contribution in [3.8, 4) is 5.75 Å². The zero-order valence-corrected chi connectivity index (χ0v) is 12.4. The highest BCUT2D eigenvalue weighted by atomic mass is 35.5. The molecule has 0 aliphatic heterocycles. The second-order valence-corrected chi connectivity index (χ2v) is 5.25. The Hall–Kier alpha value is -2.53. The van der Waals surface area contributed by atoms with Crippen molar-refractivity contribution < 1.29 is 9.90 Å². The van der Waals surface area contributed by atoms with E-state index in [1.807, 2.05) is 12.3 Å². The van der Waals surface area contributed by atoms with Crippen molar-refractivity contribution in [1.29, 1.82) is 0 Å². The molecule has 2 heterocycles. The molecule has 0 aliphatic rings. The topological polar surface area (TPSA) is 78.0 Å². The average Bonchev–Trinajstić information content (AvgIpc) is 2.90. The molecule has 112 valence electrons. The molecule has 3 N–H and O–H groups in total. The van der Waals surface area contributed by atoms with Gasteiger partial charge in [0.05, 0.1) is 5.56 Å². The molecule has 0 saturated carbocycles. The van der Waals surface area contributed by atoms with Gasteiger partial charge in [0, 0.05) is 29.8 Å². The number of fused-ring (bicyclic) bond motifs is 1. The largest absolute Gasteiger partial charge is 0.508 e. The molecule has 3 rings (SSSR count). The first-order valence-electron chi connectivity index (χ1n) is 6.83. The summed E-state index contributed by atoms with van der Waals surface area (Å²) in [5, 5.41) is 13.5. The molecular formula is C16H14ClN3O2. The quantitative estimate of drug-likeness (QED) is 0.648. The SMILES string of the molecule is O=C(NCCc1c[nH]c2ccc(O)cc12)c1cccnc1Cl. The smallest absolute Gasteiger partial charge is 0.254 e. The lowest BCUT2D eigenvalue weighted by Crippen LogP contribution is -2.26. The molecule has 0 saturated heterocycles. The second-order valence-electron chi connectivity index (χ2n) is 4.89. The number of benzene rings is 1. The number of carbonyl (C=O) groups is 1. The van der Waals surface area contributed by atoms with Crippen LogP contribution in [0.2, 0.25) is 5.15 Å². The zero-order valence-electron chi connectivity index (χ0n) is 11.6. The molecular weight excluding hydrogens is 302 g/mol. The molecule has 1 aromatic carbocycles. The van der Waals surface area contributed by atoms with Gasteiger partial charge >= 0.3 is 0 Å². The number of aromatic hydroxyl groups is 1. The Balaban J connectivity index is 1.66. The van der Waals surface area contributed by atoms with Crippen LogP contribution < -0.4 is 5.32 Å². The molecule has 0 unspecified atom stereocenters. The predicted octanol–water partition coefficient (Wildman–Crippen LogP) is 2.89. The summed E-state index contributed by atoms with van der Waals surface area (Å²) in [7, 11) is 0. The lowest BCUT2D eigenvalue weighted by atomic mass is 10.1. The monoisotopic (exact) mass is 315 g/mol. The minimum Gasteiger partial charge on any atom is -0.508 e. The summed E-state index contributed by atoms with van der Waals surface area (Å²) in [5.41, 5.74) is 2.35. The average molecular weight is 316 g/mol. The maximum atomic E-state index is 12.0. The van der Waals surface area contributed by atoms with Crippen molar-refractivity contribution in [3.63, 3.8) is 0 Å². The first-order chi connectivity index (χ1) is 10.6. The number of halogens is 1. The number of pyridine rings is 1. The van der Waals surface area contributed by atoms with Gasteiger partial charge in [0.15, 0.2) is 0 Å². The maximum Gasteiger partial charge on any atom is 0.254 e. The van der Waals surface area contributed by atoms with Gasteiger partial charge in [-0.05, 0) is 42.3 Å². The van der Waals surface area contributed by atoms with Crippen LogP contribution in [0.1, 0.15) is 15.9 Å². The van der Waals surface area contributed by atoms with Gasteiger partial charge in [-0.3, -0.25) is 4.79 Å². The van der Waals surface area contributed by atoms with E-state index >= 15 is 0 Å². The first-order valence-corrected chi connectivity index (χ1v) is 7.20. The molecule has 0 fully saturated rings. The van der Waals surface area contributed by atoms with Crippen molar-refractivity contribution in [2.45, 2.75) is 6.42 Å². The molecule has 5 nitrogen and oxygen atoms in total. The van der Waals surface area contributed by atoms with E-state index in [0.717, 1.165) is 16.5 Å². The molecule has 6 heteroatoms. The Bertz CT molecular complexity index is 829. The number of rotatable bonds is 4. The number of phenolic OH excluding ortho intramolecular Hbond substituents is 1. The molecule has 0 bridgehead atoms. The summed E-state index contributed by atoms with van der Waals surface area (Å²) in [6, 6.07) is 8.47. The van der Waals surface area contributed by atoms with Crippen LogP contribution >= 0.6 is 11.6 Å². The van der Waals surface area contributed by atoms with Crippen molar-refractivity contribution in [2.24, 2.45) is 0 Å². The highest BCUT2D eigenvalue weighted by Crippen LogP contribution is 2.23. The molecule has 22 heavy (non-hydrogen) atoms. The highest BCUT2D eigenvalue weighted by molar-refractivity contribution is 6.32. The lowest BCUT2D eigenvalue weighted by molar-refractivity contribution is 0.0954. The fourth-order valence-electron chi connectivity index (χ4n) is 2.33. The number of aromatic amines is 1. The number of hydrogen-bond acceptors (Lipinski definition) is 3. The Morgan fingerprint density at radius 3 is 3.05 bits per heavy atom. The third-order valence-corrected chi connectivity index (χ3v) is 3.74. The van der Waals surface area contributed by atoms with Crippen LogP contribution in [0.3, 0.4) is 0 Å². The Labute approximate surface area is 132 Å². The van der Waals surface area contributed by atoms with E-state index in [1.165, 1.54) is 6.20 Å². The number of phenols is 1. The first kappa shape index (κ1) is 14.4. The van der Waals surface area contributed by atoms with E-state index in [9.17, 15) is 9.90 Å². The van der Waals surface area contributed by atoms with E-state index < -0.39 is 0 Å². The van der Waals surface area contributed by atoms with Crippen LogP contribution in [0.15, 0.2) is 42.7 Å². The Morgan fingerprint density at radius 1 is 1.36 bits per heavy atom. The summed E-state index contributed by atoms with van der Waals surface area (Å²) in [4.78, 5) is 19.0. The highest BCUT2D eigenvalue weighted by Gasteiger charge is 2.10. The second kappa shape index (κ2) is 6.07. The number of H-pyrrole nitrogens is 1. The van der Waals surface area contributed by atoms with Crippen LogP contribution in [0.25, 0.3) is 10.9 Å². The van der Waals surface area contributed by atoms with Crippen LogP contribution in [-0.2, 0) is 6.42 Å². The number of nitrogens with one attached hydrogen (secondary N) is 2. The normalized spacial score (nSPS) is 10.8. The minimum absolute atomic E-state index is 0.192. The van der Waals surface area contributed by atoms with E-state index in [2.05, 4.69) is 15.3 Å². The fraction of sp³-hybridized carbons (Fsp3) is 0.125. The fourth-order valence-corrected chi connectivity index (χ4v) is 2.54. The standard InChI is InChI=1S/C16H14ClN3O2/c17-15-12(2-1-6-18-15)16(22)19-7-5-10-9-20-14-4-3-11(21)8-13(10)14/h1-4,6,8-9,20-21H,5,7H2,(H,19,22). The third kappa shape index (κ3) is 2.89. The minimum atomic E-state index is -0.249. The van der Waals surface area contributed by atoms with Gasteiger partial charge in [-0.15, -0.1) is 0 Å². The Kier molecular flexibility index (Phi) is 3.98. The van der Waals surface area contributed by atoms with Gasteiger partial charge in [0.1, 0.15) is 10.9 Å². The number of nitrogens with zero attached hydrogens (tertiary/aromatic N) is 1. The predicted molar refractivity (Wildman–Crippen MR) is 85.2 cm³/mol. The number of hydrogen-bond donors (Lipinski definition) is 3. The number of amides is 1. The number of carbonyl (C=O) groups excluding carboxylic acids is 1. The van der Waals surface area contributed by atoms with Gasteiger partial charge in [-0.2, -0.15) is 0 Å². The molecule has 0 spiro atoms. The van der Waals surface area contributed by atoms with Crippen molar-refractivity contribution in [3.05, 3.63) is 59.0 Å². The summed E-state index contributed by atoms with van der Waals surface area (Å²) < 4.78 is 0. The van der Waals surface area contributed by atoms with Crippen LogP contribution in [0, 0.1) is 0 Å². The summed E-state index contributed by atoms with van der Waals surface area (Å²) in [5.74, 6) is -0.0275. The molecule has 0 radical (unpaired) electrons. The summed E-state index contributed by atoms with van der Waals surface area (Å²) >= 11 is 5.89. The molecule has 2 aromatic heterocycles. The van der Waals surface area contributed by atoms with Gasteiger partial charge in [-0.25, -0.2) is 4.98 Å². The molecule has 1 amide bonds. The molecule has 0 aliphatic carbocycles. The van der Waals surface area contributed by atoms with Crippen LogP contribution in [0.4, 0.5) is 0 Å². The van der Waals surface area contributed by atoms with Crippen LogP contribution in [0.5, 0.6) is 5.75 Å². The summed E-state index contributed by atoms with van der Waals surface area (Å²) in [6.07, 6.45) is 4.07. The van der Waals surface area contributed by atoms with E-state index in [4.69, 9.17) is 11.6 Å².